The molecule has 1 atom stereocenters. The van der Waals surface area contributed by atoms with Crippen LogP contribution < -0.4 is 0 Å². The lowest BCUT2D eigenvalue weighted by atomic mass is 9.82. The fourth-order valence-electron chi connectivity index (χ4n) is 2.93. The van der Waals surface area contributed by atoms with E-state index in [0.29, 0.717) is 5.69 Å². The molecule has 2 heterocycles. The second-order valence-electron chi connectivity index (χ2n) is 4.90. The maximum atomic E-state index is 10.1. The zero-order chi connectivity index (χ0) is 13.7. The Morgan fingerprint density at radius 3 is 2.90 bits per heavy atom. The summed E-state index contributed by atoms with van der Waals surface area (Å²) >= 11 is 1.62. The molecule has 0 amide bonds. The van der Waals surface area contributed by atoms with Gasteiger partial charge in [0.1, 0.15) is 11.4 Å². The van der Waals surface area contributed by atoms with E-state index in [1.54, 1.807) is 11.3 Å². The third-order valence-corrected chi connectivity index (χ3v) is 4.67. The minimum Gasteiger partial charge on any atom is -0.506 e. The second-order valence-corrected chi connectivity index (χ2v) is 5.84. The summed E-state index contributed by atoms with van der Waals surface area (Å²) in [5.41, 5.74) is 5.54. The van der Waals surface area contributed by atoms with Crippen LogP contribution in [0.5, 0.6) is 5.75 Å². The third kappa shape index (κ3) is 1.50. The van der Waals surface area contributed by atoms with Crippen molar-refractivity contribution in [1.29, 1.82) is 0 Å². The van der Waals surface area contributed by atoms with Crippen LogP contribution in [0.2, 0.25) is 0 Å². The van der Waals surface area contributed by atoms with Gasteiger partial charge >= 0.3 is 0 Å². The van der Waals surface area contributed by atoms with Crippen molar-refractivity contribution in [3.63, 3.8) is 0 Å². The molecule has 0 radical (unpaired) electrons. The summed E-state index contributed by atoms with van der Waals surface area (Å²) < 4.78 is 0.991. The van der Waals surface area contributed by atoms with Crippen molar-refractivity contribution in [1.82, 2.24) is 9.71 Å². The van der Waals surface area contributed by atoms with Gasteiger partial charge in [0.15, 0.2) is 0 Å². The molecule has 0 fully saturated rings. The summed E-state index contributed by atoms with van der Waals surface area (Å²) in [5, 5.41) is 20.1. The van der Waals surface area contributed by atoms with E-state index in [0.717, 1.165) is 22.4 Å². The van der Waals surface area contributed by atoms with Gasteiger partial charge in [-0.1, -0.05) is 24.3 Å². The Hall–Kier alpha value is -2.27. The predicted octanol–water partition coefficient (Wildman–Crippen LogP) is 2.97. The van der Waals surface area contributed by atoms with Gasteiger partial charge in [0.25, 0.3) is 0 Å². The van der Waals surface area contributed by atoms with Crippen LogP contribution in [-0.2, 0) is 6.42 Å². The quantitative estimate of drug-likeness (QED) is 0.528. The highest BCUT2D eigenvalue weighted by Gasteiger charge is 2.33. The van der Waals surface area contributed by atoms with Crippen LogP contribution in [0.3, 0.4) is 0 Å². The number of aromatic hydroxyl groups is 1. The van der Waals surface area contributed by atoms with Crippen molar-refractivity contribution in [3.8, 4) is 5.75 Å². The molecule has 100 valence electrons. The normalized spacial score (nSPS) is 16.7. The average molecular weight is 284 g/mol. The summed E-state index contributed by atoms with van der Waals surface area (Å²) in [6, 6.07) is 9.62. The maximum Gasteiger partial charge on any atom is 0.141 e. The minimum atomic E-state index is -0.221. The second kappa shape index (κ2) is 4.11. The third-order valence-electron chi connectivity index (χ3n) is 3.82. The van der Waals surface area contributed by atoms with E-state index in [9.17, 15) is 10.3 Å². The molecule has 2 aromatic heterocycles. The molecule has 20 heavy (non-hydrogen) atoms. The van der Waals surface area contributed by atoms with Crippen LogP contribution in [0, 0.1) is 0 Å². The molecule has 3 aromatic rings. The first-order chi connectivity index (χ1) is 9.75. The van der Waals surface area contributed by atoms with Gasteiger partial charge in [-0.25, -0.2) is 4.98 Å². The molecule has 4 rings (SSSR count). The summed E-state index contributed by atoms with van der Waals surface area (Å²) in [5.74, 6) is -0.130. The summed E-state index contributed by atoms with van der Waals surface area (Å²) in [6.07, 6.45) is 2.31. The summed E-state index contributed by atoms with van der Waals surface area (Å²) in [7, 11) is 0. The molecule has 2 N–H and O–H groups in total. The molecule has 1 unspecified atom stereocenters. The monoisotopic (exact) mass is 284 g/mol. The summed E-state index contributed by atoms with van der Waals surface area (Å²) in [4.78, 5) is 5.65. The van der Waals surface area contributed by atoms with Crippen LogP contribution in [0.4, 0.5) is 0 Å². The number of thiazole rings is 1. The van der Waals surface area contributed by atoms with E-state index in [4.69, 9.17) is 0 Å². The fourth-order valence-corrected chi connectivity index (χ4v) is 3.75. The molecule has 0 saturated heterocycles. The number of rotatable bonds is 1. The molecule has 4 nitrogen and oxygen atoms in total. The van der Waals surface area contributed by atoms with Crippen LogP contribution in [0.25, 0.3) is 0 Å². The minimum absolute atomic E-state index is 0.0909. The highest BCUT2D eigenvalue weighted by molar-refractivity contribution is 7.09. The first-order valence-corrected chi connectivity index (χ1v) is 7.23. The van der Waals surface area contributed by atoms with Gasteiger partial charge in [-0.2, -0.15) is 4.73 Å². The van der Waals surface area contributed by atoms with Crippen molar-refractivity contribution < 1.29 is 10.3 Å². The van der Waals surface area contributed by atoms with Crippen molar-refractivity contribution in [2.24, 2.45) is 0 Å². The molecule has 0 bridgehead atoms. The average Bonchev–Trinajstić information content (AvgIpc) is 3.04. The molecule has 5 heteroatoms. The van der Waals surface area contributed by atoms with Crippen LogP contribution in [0.1, 0.15) is 33.3 Å². The first-order valence-electron chi connectivity index (χ1n) is 6.35. The number of fused-ring (bicyclic) bond motifs is 2. The Morgan fingerprint density at radius 2 is 2.10 bits per heavy atom. The Kier molecular flexibility index (Phi) is 2.37. The van der Waals surface area contributed by atoms with Crippen molar-refractivity contribution >= 4 is 11.3 Å². The van der Waals surface area contributed by atoms with Gasteiger partial charge < -0.3 is 10.3 Å². The lowest BCUT2D eigenvalue weighted by Crippen LogP contribution is -2.16. The Bertz CT molecular complexity index is 771. The van der Waals surface area contributed by atoms with E-state index >= 15 is 0 Å². The smallest absolute Gasteiger partial charge is 0.141 e. The lowest BCUT2D eigenvalue weighted by Gasteiger charge is -2.25. The highest BCUT2D eigenvalue weighted by Crippen LogP contribution is 2.43. The molecule has 1 aliphatic carbocycles. The lowest BCUT2D eigenvalue weighted by molar-refractivity contribution is 0.175. The van der Waals surface area contributed by atoms with Crippen molar-refractivity contribution in [3.05, 3.63) is 69.4 Å². The van der Waals surface area contributed by atoms with E-state index in [1.165, 1.54) is 22.7 Å². The van der Waals surface area contributed by atoms with Gasteiger partial charge in [0.05, 0.1) is 17.1 Å². The topological polar surface area (TPSA) is 58.3 Å². The number of nitrogens with zero attached hydrogens (tertiary/aromatic N) is 2. The van der Waals surface area contributed by atoms with Gasteiger partial charge in [0.2, 0.25) is 0 Å². The van der Waals surface area contributed by atoms with Crippen molar-refractivity contribution in [2.75, 3.05) is 0 Å². The van der Waals surface area contributed by atoms with E-state index in [2.05, 4.69) is 11.1 Å². The number of hydrogen-bond acceptors (Lipinski definition) is 4. The highest BCUT2D eigenvalue weighted by atomic mass is 32.1. The molecule has 1 aromatic carbocycles. The number of benzene rings is 1. The molecular formula is C15H12N2O2S. The largest absolute Gasteiger partial charge is 0.506 e. The van der Waals surface area contributed by atoms with Crippen LogP contribution in [-0.4, -0.2) is 20.0 Å². The zero-order valence-electron chi connectivity index (χ0n) is 10.5. The van der Waals surface area contributed by atoms with E-state index in [-0.39, 0.29) is 11.7 Å². The zero-order valence-corrected chi connectivity index (χ0v) is 11.3. The van der Waals surface area contributed by atoms with Gasteiger partial charge in [-0.15, -0.1) is 11.3 Å². The first kappa shape index (κ1) is 11.5. The molecule has 0 saturated carbocycles. The SMILES string of the molecule is Oc1ccn(O)c1C1c2ccccc2Cc2scnc21. The van der Waals surface area contributed by atoms with Crippen LogP contribution in [0.15, 0.2) is 42.0 Å². The standard InChI is InChI=1S/C15H12N2O2S/c18-11-5-6-17(19)15(11)13-10-4-2-1-3-9(10)7-12-14(13)16-8-20-12/h1-6,8,13,18-19H,7H2. The van der Waals surface area contributed by atoms with Gasteiger partial charge in [-0.3, -0.25) is 0 Å². The van der Waals surface area contributed by atoms with E-state index < -0.39 is 0 Å². The molecular weight excluding hydrogens is 272 g/mol. The molecule has 1 aliphatic rings. The maximum absolute atomic E-state index is 10.1. The number of aromatic nitrogens is 2. The Labute approximate surface area is 119 Å². The van der Waals surface area contributed by atoms with Gasteiger partial charge in [-0.05, 0) is 11.1 Å². The van der Waals surface area contributed by atoms with Crippen molar-refractivity contribution in [2.45, 2.75) is 12.3 Å². The fraction of sp³-hybridized carbons (Fsp3) is 0.133. The summed E-state index contributed by atoms with van der Waals surface area (Å²) in [6.45, 7) is 0. The van der Waals surface area contributed by atoms with Crippen LogP contribution >= 0.6 is 11.3 Å². The van der Waals surface area contributed by atoms with Gasteiger partial charge in [0, 0.05) is 23.6 Å². The molecule has 0 spiro atoms. The van der Waals surface area contributed by atoms with E-state index in [1.807, 2.05) is 23.7 Å². The molecule has 0 aliphatic heterocycles. The predicted molar refractivity (Wildman–Crippen MR) is 75.6 cm³/mol. The Balaban J connectivity index is 2.01. The Morgan fingerprint density at radius 1 is 1.25 bits per heavy atom. The number of hydrogen-bond donors (Lipinski definition) is 2.